The van der Waals surface area contributed by atoms with Crippen LogP contribution in [0.25, 0.3) is 0 Å². The molecule has 2 aromatic heterocycles. The summed E-state index contributed by atoms with van der Waals surface area (Å²) in [6.45, 7) is 4.06. The summed E-state index contributed by atoms with van der Waals surface area (Å²) in [4.78, 5) is 30.7. The topological polar surface area (TPSA) is 67.8 Å². The SMILES string of the molecule is CCc1c(Cl)[nH]c(=O)n(CC(C)c2nccs2)c1=O. The fraction of sp³-hybridized carbons (Fsp3) is 0.417. The van der Waals surface area contributed by atoms with Crippen LogP contribution < -0.4 is 11.2 Å². The number of nitrogens with zero attached hydrogens (tertiary/aromatic N) is 2. The Bertz CT molecular complexity index is 675. The Morgan fingerprint density at radius 3 is 2.84 bits per heavy atom. The molecule has 5 nitrogen and oxygen atoms in total. The molecule has 102 valence electrons. The van der Waals surface area contributed by atoms with Crippen molar-refractivity contribution in [1.82, 2.24) is 14.5 Å². The predicted octanol–water partition coefficient (Wildman–Crippen LogP) is 2.01. The first-order valence-electron chi connectivity index (χ1n) is 5.95. The van der Waals surface area contributed by atoms with Crippen LogP contribution in [-0.2, 0) is 13.0 Å². The minimum Gasteiger partial charge on any atom is -0.297 e. The van der Waals surface area contributed by atoms with Crippen molar-refractivity contribution < 1.29 is 0 Å². The second-order valence-electron chi connectivity index (χ2n) is 4.26. The lowest BCUT2D eigenvalue weighted by molar-refractivity contribution is 0.548. The zero-order valence-electron chi connectivity index (χ0n) is 10.6. The highest BCUT2D eigenvalue weighted by molar-refractivity contribution is 7.09. The molecule has 1 unspecified atom stereocenters. The maximum atomic E-state index is 12.2. The molecular weight excluding hydrogens is 286 g/mol. The molecule has 0 aliphatic carbocycles. The Morgan fingerprint density at radius 2 is 2.26 bits per heavy atom. The van der Waals surface area contributed by atoms with E-state index in [1.165, 1.54) is 15.9 Å². The molecule has 0 bridgehead atoms. The lowest BCUT2D eigenvalue weighted by Crippen LogP contribution is -2.38. The lowest BCUT2D eigenvalue weighted by atomic mass is 10.2. The van der Waals surface area contributed by atoms with Crippen LogP contribution in [0, 0.1) is 0 Å². The van der Waals surface area contributed by atoms with Gasteiger partial charge in [0.05, 0.1) is 10.6 Å². The van der Waals surface area contributed by atoms with E-state index < -0.39 is 5.69 Å². The molecule has 2 heterocycles. The van der Waals surface area contributed by atoms with Crippen molar-refractivity contribution in [2.75, 3.05) is 0 Å². The smallest absolute Gasteiger partial charge is 0.297 e. The van der Waals surface area contributed by atoms with E-state index in [2.05, 4.69) is 9.97 Å². The van der Waals surface area contributed by atoms with Gasteiger partial charge in [-0.05, 0) is 6.42 Å². The van der Waals surface area contributed by atoms with E-state index in [1.54, 1.807) is 6.20 Å². The number of aromatic nitrogens is 3. The fourth-order valence-electron chi connectivity index (χ4n) is 1.89. The molecule has 2 rings (SSSR count). The number of H-pyrrole nitrogens is 1. The van der Waals surface area contributed by atoms with Crippen molar-refractivity contribution in [3.8, 4) is 0 Å². The van der Waals surface area contributed by atoms with E-state index in [0.717, 1.165) is 5.01 Å². The largest absolute Gasteiger partial charge is 0.329 e. The molecule has 7 heteroatoms. The molecule has 0 saturated heterocycles. The molecule has 19 heavy (non-hydrogen) atoms. The number of halogens is 1. The van der Waals surface area contributed by atoms with Gasteiger partial charge in [0.15, 0.2) is 0 Å². The highest BCUT2D eigenvalue weighted by atomic mass is 35.5. The van der Waals surface area contributed by atoms with E-state index in [0.29, 0.717) is 18.5 Å². The Morgan fingerprint density at radius 1 is 1.53 bits per heavy atom. The fourth-order valence-corrected chi connectivity index (χ4v) is 2.87. The van der Waals surface area contributed by atoms with Crippen molar-refractivity contribution in [1.29, 1.82) is 0 Å². The summed E-state index contributed by atoms with van der Waals surface area (Å²) in [5.41, 5.74) is -0.358. The molecule has 1 N–H and O–H groups in total. The maximum absolute atomic E-state index is 12.2. The predicted molar refractivity (Wildman–Crippen MR) is 76.2 cm³/mol. The average Bonchev–Trinajstić information content (AvgIpc) is 2.88. The van der Waals surface area contributed by atoms with Gasteiger partial charge in [-0.2, -0.15) is 0 Å². The highest BCUT2D eigenvalue weighted by Crippen LogP contribution is 2.18. The van der Waals surface area contributed by atoms with Crippen molar-refractivity contribution in [3.63, 3.8) is 0 Å². The van der Waals surface area contributed by atoms with Gasteiger partial charge in [0, 0.05) is 24.0 Å². The van der Waals surface area contributed by atoms with Crippen LogP contribution in [0.2, 0.25) is 5.15 Å². The number of aromatic amines is 1. The summed E-state index contributed by atoms with van der Waals surface area (Å²) in [6.07, 6.45) is 2.20. The van der Waals surface area contributed by atoms with Gasteiger partial charge in [-0.1, -0.05) is 25.4 Å². The molecule has 0 amide bonds. The first-order valence-corrected chi connectivity index (χ1v) is 7.21. The summed E-state index contributed by atoms with van der Waals surface area (Å²) in [6, 6.07) is 0. The van der Waals surface area contributed by atoms with Crippen LogP contribution >= 0.6 is 22.9 Å². The van der Waals surface area contributed by atoms with E-state index in [-0.39, 0.29) is 16.6 Å². The number of hydrogen-bond donors (Lipinski definition) is 1. The van der Waals surface area contributed by atoms with Crippen molar-refractivity contribution in [2.45, 2.75) is 32.7 Å². The zero-order chi connectivity index (χ0) is 14.0. The molecular formula is C12H14ClN3O2S. The van der Waals surface area contributed by atoms with Gasteiger partial charge in [0.2, 0.25) is 0 Å². The number of hydrogen-bond acceptors (Lipinski definition) is 4. The normalized spacial score (nSPS) is 12.6. The average molecular weight is 300 g/mol. The summed E-state index contributed by atoms with van der Waals surface area (Å²) >= 11 is 7.37. The van der Waals surface area contributed by atoms with Crippen LogP contribution in [0.1, 0.15) is 30.3 Å². The third-order valence-electron chi connectivity index (χ3n) is 2.91. The molecule has 1 atom stereocenters. The van der Waals surface area contributed by atoms with Gasteiger partial charge in [0.25, 0.3) is 5.56 Å². The van der Waals surface area contributed by atoms with Gasteiger partial charge in [-0.15, -0.1) is 11.3 Å². The molecule has 0 aliphatic rings. The number of nitrogens with one attached hydrogen (secondary N) is 1. The second kappa shape index (κ2) is 5.71. The molecule has 2 aromatic rings. The minimum absolute atomic E-state index is 0.00433. The monoisotopic (exact) mass is 299 g/mol. The van der Waals surface area contributed by atoms with Gasteiger partial charge >= 0.3 is 5.69 Å². The Labute approximate surface area is 118 Å². The van der Waals surface area contributed by atoms with Crippen molar-refractivity contribution in [2.24, 2.45) is 0 Å². The zero-order valence-corrected chi connectivity index (χ0v) is 12.2. The molecule has 0 saturated carbocycles. The second-order valence-corrected chi connectivity index (χ2v) is 5.57. The van der Waals surface area contributed by atoms with Gasteiger partial charge < -0.3 is 0 Å². The van der Waals surface area contributed by atoms with E-state index in [9.17, 15) is 9.59 Å². The maximum Gasteiger partial charge on any atom is 0.329 e. The van der Waals surface area contributed by atoms with E-state index >= 15 is 0 Å². The van der Waals surface area contributed by atoms with E-state index in [1.807, 2.05) is 19.2 Å². The molecule has 0 spiro atoms. The van der Waals surface area contributed by atoms with Crippen LogP contribution in [-0.4, -0.2) is 14.5 Å². The minimum atomic E-state index is -0.476. The summed E-state index contributed by atoms with van der Waals surface area (Å²) < 4.78 is 1.19. The Balaban J connectivity index is 2.41. The van der Waals surface area contributed by atoms with Crippen LogP contribution in [0.5, 0.6) is 0 Å². The third-order valence-corrected chi connectivity index (χ3v) is 4.24. The van der Waals surface area contributed by atoms with Crippen molar-refractivity contribution in [3.05, 3.63) is 48.1 Å². The summed E-state index contributed by atoms with van der Waals surface area (Å²) in [5, 5.41) is 2.91. The number of rotatable bonds is 4. The van der Waals surface area contributed by atoms with Gasteiger partial charge in [-0.3, -0.25) is 14.3 Å². The number of thiazole rings is 1. The Hall–Kier alpha value is -1.40. The highest BCUT2D eigenvalue weighted by Gasteiger charge is 2.15. The molecule has 0 radical (unpaired) electrons. The van der Waals surface area contributed by atoms with Crippen LogP contribution in [0.4, 0.5) is 0 Å². The van der Waals surface area contributed by atoms with Gasteiger partial charge in [-0.25, -0.2) is 9.78 Å². The first kappa shape index (κ1) is 14.0. The Kier molecular flexibility index (Phi) is 4.21. The van der Waals surface area contributed by atoms with Crippen molar-refractivity contribution >= 4 is 22.9 Å². The van der Waals surface area contributed by atoms with E-state index in [4.69, 9.17) is 11.6 Å². The van der Waals surface area contributed by atoms with Crippen LogP contribution in [0.3, 0.4) is 0 Å². The quantitative estimate of drug-likeness (QED) is 0.878. The molecule has 0 fully saturated rings. The standard InChI is InChI=1S/C12H14ClN3O2S/c1-3-8-9(13)15-12(18)16(11(8)17)6-7(2)10-14-4-5-19-10/h4-5,7H,3,6H2,1-2H3,(H,15,18). The van der Waals surface area contributed by atoms with Crippen LogP contribution in [0.15, 0.2) is 21.2 Å². The molecule has 0 aliphatic heterocycles. The third kappa shape index (κ3) is 2.79. The molecule has 0 aromatic carbocycles. The summed E-state index contributed by atoms with van der Waals surface area (Å²) in [7, 11) is 0. The van der Waals surface area contributed by atoms with Gasteiger partial charge in [0.1, 0.15) is 5.15 Å². The summed E-state index contributed by atoms with van der Waals surface area (Å²) in [5.74, 6) is 0.00433. The first-order chi connectivity index (χ1) is 9.04. The lowest BCUT2D eigenvalue weighted by Gasteiger charge is -2.11.